The van der Waals surface area contributed by atoms with Crippen molar-refractivity contribution in [2.75, 3.05) is 0 Å². The largest absolute Gasteiger partial charge is 0.265 e. The molecule has 0 spiro atoms. The van der Waals surface area contributed by atoms with E-state index in [9.17, 15) is 0 Å². The molecule has 102 valence electrons. The van der Waals surface area contributed by atoms with E-state index in [0.29, 0.717) is 0 Å². The van der Waals surface area contributed by atoms with Gasteiger partial charge in [-0.2, -0.15) is 5.10 Å². The SMILES string of the molecule is Cc1nn(Cc2ccc([Si](C)(C)C)cc2)c(C)c1C. The highest BCUT2D eigenvalue weighted by Crippen LogP contribution is 2.13. The van der Waals surface area contributed by atoms with Crippen LogP contribution in [0.4, 0.5) is 0 Å². The second-order valence-corrected chi connectivity index (χ2v) is 11.5. The predicted octanol–water partition coefficient (Wildman–Crippen LogP) is 3.40. The highest BCUT2D eigenvalue weighted by molar-refractivity contribution is 6.88. The molecule has 0 aliphatic rings. The van der Waals surface area contributed by atoms with Crippen LogP contribution in [0.25, 0.3) is 0 Å². The first kappa shape index (κ1) is 14.1. The lowest BCUT2D eigenvalue weighted by Gasteiger charge is -2.16. The third kappa shape index (κ3) is 2.98. The van der Waals surface area contributed by atoms with Crippen LogP contribution in [-0.4, -0.2) is 17.9 Å². The average molecular weight is 272 g/mol. The van der Waals surface area contributed by atoms with Crippen molar-refractivity contribution in [1.29, 1.82) is 0 Å². The van der Waals surface area contributed by atoms with Gasteiger partial charge in [0, 0.05) is 5.69 Å². The van der Waals surface area contributed by atoms with Gasteiger partial charge in [0.25, 0.3) is 0 Å². The zero-order valence-electron chi connectivity index (χ0n) is 12.9. The summed E-state index contributed by atoms with van der Waals surface area (Å²) >= 11 is 0. The van der Waals surface area contributed by atoms with Crippen molar-refractivity contribution in [2.45, 2.75) is 47.0 Å². The molecule has 0 saturated carbocycles. The van der Waals surface area contributed by atoms with Gasteiger partial charge in [-0.25, -0.2) is 0 Å². The summed E-state index contributed by atoms with van der Waals surface area (Å²) in [6.07, 6.45) is 0. The van der Waals surface area contributed by atoms with Gasteiger partial charge in [-0.3, -0.25) is 4.68 Å². The normalized spacial score (nSPS) is 11.9. The van der Waals surface area contributed by atoms with Gasteiger partial charge in [0.2, 0.25) is 0 Å². The first-order chi connectivity index (χ1) is 8.79. The predicted molar refractivity (Wildman–Crippen MR) is 85.0 cm³/mol. The Morgan fingerprint density at radius 2 is 1.58 bits per heavy atom. The van der Waals surface area contributed by atoms with E-state index in [1.807, 2.05) is 0 Å². The maximum absolute atomic E-state index is 4.60. The van der Waals surface area contributed by atoms with E-state index in [1.165, 1.54) is 22.0 Å². The molecule has 0 saturated heterocycles. The highest BCUT2D eigenvalue weighted by atomic mass is 28.3. The number of benzene rings is 1. The van der Waals surface area contributed by atoms with Gasteiger partial charge in [-0.05, 0) is 31.9 Å². The third-order valence-corrected chi connectivity index (χ3v) is 5.96. The minimum absolute atomic E-state index is 0.868. The number of rotatable bonds is 3. The maximum atomic E-state index is 4.60. The van der Waals surface area contributed by atoms with Crippen LogP contribution in [0.5, 0.6) is 0 Å². The van der Waals surface area contributed by atoms with E-state index in [4.69, 9.17) is 0 Å². The van der Waals surface area contributed by atoms with Gasteiger partial charge in [0.1, 0.15) is 0 Å². The minimum Gasteiger partial charge on any atom is -0.265 e. The maximum Gasteiger partial charge on any atom is 0.0775 e. The van der Waals surface area contributed by atoms with Crippen LogP contribution in [0.2, 0.25) is 19.6 Å². The second-order valence-electron chi connectivity index (χ2n) is 6.40. The zero-order chi connectivity index (χ0) is 14.2. The van der Waals surface area contributed by atoms with Crippen molar-refractivity contribution in [3.63, 3.8) is 0 Å². The molecular formula is C16H24N2Si. The summed E-state index contributed by atoms with van der Waals surface area (Å²) in [5.74, 6) is 0. The minimum atomic E-state index is -1.19. The fraction of sp³-hybridized carbons (Fsp3) is 0.438. The molecule has 0 unspecified atom stereocenters. The lowest BCUT2D eigenvalue weighted by molar-refractivity contribution is 0.658. The summed E-state index contributed by atoms with van der Waals surface area (Å²) in [5, 5.41) is 6.12. The van der Waals surface area contributed by atoms with Crippen LogP contribution in [0.1, 0.15) is 22.5 Å². The highest BCUT2D eigenvalue weighted by Gasteiger charge is 2.15. The van der Waals surface area contributed by atoms with Gasteiger partial charge in [0.15, 0.2) is 0 Å². The average Bonchev–Trinajstić information content (AvgIpc) is 2.57. The Morgan fingerprint density at radius 3 is 2.00 bits per heavy atom. The Labute approximate surface area is 117 Å². The van der Waals surface area contributed by atoms with Gasteiger partial charge >= 0.3 is 0 Å². The topological polar surface area (TPSA) is 17.8 Å². The van der Waals surface area contributed by atoms with Crippen LogP contribution in [0.3, 0.4) is 0 Å². The second kappa shape index (κ2) is 4.97. The molecule has 0 amide bonds. The van der Waals surface area contributed by atoms with Gasteiger partial charge in [0.05, 0.1) is 20.3 Å². The van der Waals surface area contributed by atoms with Crippen molar-refractivity contribution >= 4 is 13.3 Å². The summed E-state index contributed by atoms with van der Waals surface area (Å²) in [4.78, 5) is 0. The van der Waals surface area contributed by atoms with E-state index < -0.39 is 8.07 Å². The van der Waals surface area contributed by atoms with Crippen molar-refractivity contribution in [2.24, 2.45) is 0 Å². The molecule has 19 heavy (non-hydrogen) atoms. The molecule has 0 radical (unpaired) electrons. The van der Waals surface area contributed by atoms with E-state index in [0.717, 1.165) is 12.2 Å². The zero-order valence-corrected chi connectivity index (χ0v) is 13.9. The lowest BCUT2D eigenvalue weighted by Crippen LogP contribution is -2.37. The van der Waals surface area contributed by atoms with Gasteiger partial charge in [-0.15, -0.1) is 0 Å². The monoisotopic (exact) mass is 272 g/mol. The number of nitrogens with zero attached hydrogens (tertiary/aromatic N) is 2. The summed E-state index contributed by atoms with van der Waals surface area (Å²) in [5.41, 5.74) is 5.04. The molecular weight excluding hydrogens is 248 g/mol. The van der Waals surface area contributed by atoms with Crippen molar-refractivity contribution < 1.29 is 0 Å². The summed E-state index contributed by atoms with van der Waals surface area (Å²) in [6.45, 7) is 14.4. The smallest absolute Gasteiger partial charge is 0.0775 e. The van der Waals surface area contributed by atoms with E-state index in [2.05, 4.69) is 74.5 Å². The first-order valence-corrected chi connectivity index (χ1v) is 10.4. The number of hydrogen-bond acceptors (Lipinski definition) is 1. The molecule has 1 aromatic carbocycles. The molecule has 1 heterocycles. The lowest BCUT2D eigenvalue weighted by atomic mass is 10.2. The molecule has 0 aliphatic carbocycles. The number of aromatic nitrogens is 2. The van der Waals surface area contributed by atoms with Crippen LogP contribution in [0.15, 0.2) is 24.3 Å². The molecule has 0 bridgehead atoms. The van der Waals surface area contributed by atoms with E-state index >= 15 is 0 Å². The fourth-order valence-electron chi connectivity index (χ4n) is 2.22. The molecule has 0 aliphatic heterocycles. The van der Waals surface area contributed by atoms with Crippen LogP contribution in [-0.2, 0) is 6.54 Å². The standard InChI is InChI=1S/C16H24N2Si/c1-12-13(2)17-18(14(12)3)11-15-7-9-16(10-8-15)19(4,5)6/h7-10H,11H2,1-6H3. The molecule has 0 N–H and O–H groups in total. The van der Waals surface area contributed by atoms with Gasteiger partial charge in [-0.1, -0.05) is 49.1 Å². The molecule has 1 aromatic heterocycles. The Balaban J connectivity index is 2.22. The van der Waals surface area contributed by atoms with Crippen LogP contribution in [0, 0.1) is 20.8 Å². The quantitative estimate of drug-likeness (QED) is 0.783. The molecule has 2 aromatic rings. The molecule has 0 fully saturated rings. The molecule has 2 nitrogen and oxygen atoms in total. The number of hydrogen-bond donors (Lipinski definition) is 0. The summed E-state index contributed by atoms with van der Waals surface area (Å²) < 4.78 is 2.11. The van der Waals surface area contributed by atoms with Crippen molar-refractivity contribution in [1.82, 2.24) is 9.78 Å². The molecule has 2 rings (SSSR count). The Morgan fingerprint density at radius 1 is 1.00 bits per heavy atom. The third-order valence-electron chi connectivity index (χ3n) is 3.90. The molecule has 0 atom stereocenters. The summed E-state index contributed by atoms with van der Waals surface area (Å²) in [6, 6.07) is 9.08. The van der Waals surface area contributed by atoms with Gasteiger partial charge < -0.3 is 0 Å². The van der Waals surface area contributed by atoms with E-state index in [1.54, 1.807) is 0 Å². The van der Waals surface area contributed by atoms with Crippen molar-refractivity contribution in [3.05, 3.63) is 46.8 Å². The first-order valence-electron chi connectivity index (χ1n) is 6.89. The summed E-state index contributed by atoms with van der Waals surface area (Å²) in [7, 11) is -1.19. The Kier molecular flexibility index (Phi) is 3.68. The van der Waals surface area contributed by atoms with Crippen LogP contribution < -0.4 is 5.19 Å². The van der Waals surface area contributed by atoms with E-state index in [-0.39, 0.29) is 0 Å². The Hall–Kier alpha value is -1.35. The molecule has 3 heteroatoms. The number of aryl methyl sites for hydroxylation is 1. The van der Waals surface area contributed by atoms with Crippen molar-refractivity contribution in [3.8, 4) is 0 Å². The van der Waals surface area contributed by atoms with Crippen LogP contribution >= 0.6 is 0 Å². The Bertz CT molecular complexity index is 574. The fourth-order valence-corrected chi connectivity index (χ4v) is 3.39.